The molecule has 0 unspecified atom stereocenters. The van der Waals surface area contributed by atoms with Crippen molar-refractivity contribution in [3.05, 3.63) is 65.2 Å². The first-order chi connectivity index (χ1) is 8.65. The van der Waals surface area contributed by atoms with Crippen LogP contribution < -0.4 is 5.43 Å². The standard InChI is InChI=1S/C14H12F2N2.ClH/c1-10-2-5-12(6-3-10)18-17-9-11-4-7-13(15)14(16)8-11;/h2-9,18H,1H3;1H/b17-9+;. The van der Waals surface area contributed by atoms with Crippen LogP contribution in [-0.2, 0) is 0 Å². The molecule has 0 aliphatic carbocycles. The maximum atomic E-state index is 12.9. The van der Waals surface area contributed by atoms with Crippen molar-refractivity contribution in [1.29, 1.82) is 0 Å². The Bertz CT molecular complexity index is 568. The first-order valence-electron chi connectivity index (χ1n) is 5.46. The molecule has 0 saturated carbocycles. The van der Waals surface area contributed by atoms with Crippen LogP contribution in [0.15, 0.2) is 47.6 Å². The van der Waals surface area contributed by atoms with E-state index >= 15 is 0 Å². The topological polar surface area (TPSA) is 24.4 Å². The van der Waals surface area contributed by atoms with Crippen LogP contribution in [0.3, 0.4) is 0 Å². The lowest BCUT2D eigenvalue weighted by atomic mass is 10.2. The highest BCUT2D eigenvalue weighted by molar-refractivity contribution is 5.85. The molecule has 0 amide bonds. The van der Waals surface area contributed by atoms with Gasteiger partial charge in [0.2, 0.25) is 0 Å². The summed E-state index contributed by atoms with van der Waals surface area (Å²) in [5, 5.41) is 3.95. The smallest absolute Gasteiger partial charge is 0.159 e. The van der Waals surface area contributed by atoms with Gasteiger partial charge in [-0.2, -0.15) is 5.10 Å². The minimum atomic E-state index is -0.880. The number of hydrogen-bond donors (Lipinski definition) is 1. The molecule has 0 saturated heterocycles. The van der Waals surface area contributed by atoms with Gasteiger partial charge in [0.15, 0.2) is 11.6 Å². The zero-order valence-electron chi connectivity index (χ0n) is 10.2. The van der Waals surface area contributed by atoms with Crippen LogP contribution in [0.5, 0.6) is 0 Å². The van der Waals surface area contributed by atoms with Gasteiger partial charge in [-0.1, -0.05) is 23.8 Å². The molecule has 0 atom stereocenters. The molecule has 100 valence electrons. The molecule has 0 spiro atoms. The van der Waals surface area contributed by atoms with E-state index in [9.17, 15) is 8.78 Å². The largest absolute Gasteiger partial charge is 0.279 e. The summed E-state index contributed by atoms with van der Waals surface area (Å²) in [4.78, 5) is 0. The first-order valence-corrected chi connectivity index (χ1v) is 5.46. The van der Waals surface area contributed by atoms with Crippen LogP contribution in [0.2, 0.25) is 0 Å². The second kappa shape index (κ2) is 6.85. The predicted octanol–water partition coefficient (Wildman–Crippen LogP) is 4.14. The van der Waals surface area contributed by atoms with Gasteiger partial charge in [-0.05, 0) is 36.8 Å². The van der Waals surface area contributed by atoms with E-state index in [1.54, 1.807) is 0 Å². The molecule has 0 aromatic heterocycles. The van der Waals surface area contributed by atoms with Crippen LogP contribution in [0, 0.1) is 18.6 Å². The summed E-state index contributed by atoms with van der Waals surface area (Å²) < 4.78 is 25.6. The molecule has 19 heavy (non-hydrogen) atoms. The van der Waals surface area contributed by atoms with Crippen LogP contribution in [0.25, 0.3) is 0 Å². The Labute approximate surface area is 116 Å². The van der Waals surface area contributed by atoms with E-state index in [4.69, 9.17) is 0 Å². The fourth-order valence-electron chi connectivity index (χ4n) is 1.40. The van der Waals surface area contributed by atoms with Gasteiger partial charge >= 0.3 is 0 Å². The predicted molar refractivity (Wildman–Crippen MR) is 76.0 cm³/mol. The normalized spacial score (nSPS) is 10.3. The van der Waals surface area contributed by atoms with Crippen LogP contribution in [-0.4, -0.2) is 6.21 Å². The summed E-state index contributed by atoms with van der Waals surface area (Å²) in [6, 6.07) is 11.3. The molecule has 5 heteroatoms. The van der Waals surface area contributed by atoms with Crippen molar-refractivity contribution in [2.45, 2.75) is 6.92 Å². The highest BCUT2D eigenvalue weighted by Crippen LogP contribution is 2.09. The zero-order chi connectivity index (χ0) is 13.0. The van der Waals surface area contributed by atoms with Crippen LogP contribution in [0.4, 0.5) is 14.5 Å². The average Bonchev–Trinajstić information content (AvgIpc) is 2.36. The van der Waals surface area contributed by atoms with E-state index in [-0.39, 0.29) is 12.4 Å². The second-order valence-corrected chi connectivity index (χ2v) is 3.91. The third-order valence-electron chi connectivity index (χ3n) is 2.40. The van der Waals surface area contributed by atoms with E-state index in [1.165, 1.54) is 12.3 Å². The Morgan fingerprint density at radius 3 is 2.32 bits per heavy atom. The highest BCUT2D eigenvalue weighted by Gasteiger charge is 2.00. The summed E-state index contributed by atoms with van der Waals surface area (Å²) in [5.41, 5.74) is 5.29. The lowest BCUT2D eigenvalue weighted by Gasteiger charge is -2.00. The maximum Gasteiger partial charge on any atom is 0.159 e. The molecular formula is C14H13ClF2N2. The van der Waals surface area contributed by atoms with E-state index in [1.807, 2.05) is 31.2 Å². The second-order valence-electron chi connectivity index (χ2n) is 3.91. The van der Waals surface area contributed by atoms with Crippen molar-refractivity contribution in [3.63, 3.8) is 0 Å². The SMILES string of the molecule is Cc1ccc(N/N=C/c2ccc(F)c(F)c2)cc1.Cl. The van der Waals surface area contributed by atoms with Gasteiger partial charge in [0, 0.05) is 0 Å². The monoisotopic (exact) mass is 282 g/mol. The van der Waals surface area contributed by atoms with E-state index in [2.05, 4.69) is 10.5 Å². The molecule has 1 N–H and O–H groups in total. The summed E-state index contributed by atoms with van der Waals surface area (Å²) in [6.07, 6.45) is 1.43. The maximum absolute atomic E-state index is 12.9. The Balaban J connectivity index is 0.00000180. The fraction of sp³-hybridized carbons (Fsp3) is 0.0714. The molecule has 0 bridgehead atoms. The molecule has 2 nitrogen and oxygen atoms in total. The van der Waals surface area contributed by atoms with Gasteiger partial charge in [-0.15, -0.1) is 12.4 Å². The minimum absolute atomic E-state index is 0. The average molecular weight is 283 g/mol. The van der Waals surface area contributed by atoms with Gasteiger partial charge in [-0.3, -0.25) is 5.43 Å². The van der Waals surface area contributed by atoms with Crippen molar-refractivity contribution < 1.29 is 8.78 Å². The summed E-state index contributed by atoms with van der Waals surface area (Å²) in [7, 11) is 0. The molecule has 2 aromatic rings. The lowest BCUT2D eigenvalue weighted by Crippen LogP contribution is -1.92. The Morgan fingerprint density at radius 1 is 1.00 bits per heavy atom. The number of nitrogens with zero attached hydrogens (tertiary/aromatic N) is 1. The van der Waals surface area contributed by atoms with Gasteiger partial charge in [0.25, 0.3) is 0 Å². The van der Waals surface area contributed by atoms with Crippen LogP contribution >= 0.6 is 12.4 Å². The molecule has 0 aliphatic heterocycles. The van der Waals surface area contributed by atoms with Crippen molar-refractivity contribution in [2.24, 2.45) is 5.10 Å². The number of aryl methyl sites for hydroxylation is 1. The number of benzene rings is 2. The summed E-state index contributed by atoms with van der Waals surface area (Å²) >= 11 is 0. The van der Waals surface area contributed by atoms with E-state index < -0.39 is 11.6 Å². The molecule has 0 heterocycles. The number of halogens is 3. The van der Waals surface area contributed by atoms with E-state index in [0.29, 0.717) is 5.56 Å². The molecule has 0 fully saturated rings. The van der Waals surface area contributed by atoms with Gasteiger partial charge in [-0.25, -0.2) is 8.78 Å². The van der Waals surface area contributed by atoms with Crippen LogP contribution in [0.1, 0.15) is 11.1 Å². The first kappa shape index (κ1) is 15.1. The number of nitrogens with one attached hydrogen (secondary N) is 1. The molecule has 2 aromatic carbocycles. The Morgan fingerprint density at radius 2 is 1.68 bits per heavy atom. The number of hydrogen-bond acceptors (Lipinski definition) is 2. The molecule has 0 radical (unpaired) electrons. The van der Waals surface area contributed by atoms with Gasteiger partial charge < -0.3 is 0 Å². The van der Waals surface area contributed by atoms with Crippen molar-refractivity contribution in [1.82, 2.24) is 0 Å². The summed E-state index contributed by atoms with van der Waals surface area (Å²) in [5.74, 6) is -1.74. The third-order valence-corrected chi connectivity index (χ3v) is 2.40. The molecular weight excluding hydrogens is 270 g/mol. The summed E-state index contributed by atoms with van der Waals surface area (Å²) in [6.45, 7) is 1.99. The number of rotatable bonds is 3. The quantitative estimate of drug-likeness (QED) is 0.664. The molecule has 0 aliphatic rings. The van der Waals surface area contributed by atoms with E-state index in [0.717, 1.165) is 23.4 Å². The van der Waals surface area contributed by atoms with Gasteiger partial charge in [0.1, 0.15) is 0 Å². The number of anilines is 1. The van der Waals surface area contributed by atoms with Crippen molar-refractivity contribution in [2.75, 3.05) is 5.43 Å². The zero-order valence-corrected chi connectivity index (χ0v) is 11.0. The third kappa shape index (κ3) is 4.34. The Kier molecular flexibility index (Phi) is 5.45. The van der Waals surface area contributed by atoms with Crippen molar-refractivity contribution in [3.8, 4) is 0 Å². The van der Waals surface area contributed by atoms with Crippen molar-refractivity contribution >= 4 is 24.3 Å². The Hall–Kier alpha value is -1.94. The lowest BCUT2D eigenvalue weighted by molar-refractivity contribution is 0.508. The van der Waals surface area contributed by atoms with Gasteiger partial charge in [0.05, 0.1) is 11.9 Å². The molecule has 2 rings (SSSR count). The number of hydrazone groups is 1. The fourth-order valence-corrected chi connectivity index (χ4v) is 1.40. The minimum Gasteiger partial charge on any atom is -0.279 e. The highest BCUT2D eigenvalue weighted by atomic mass is 35.5.